The molecule has 3 aromatic rings. The topological polar surface area (TPSA) is 60.7 Å². The number of carbonyl (C=O) groups excluding carboxylic acids is 1. The summed E-state index contributed by atoms with van der Waals surface area (Å²) < 4.78 is 16.4. The van der Waals surface area contributed by atoms with E-state index in [0.29, 0.717) is 18.7 Å². The first-order chi connectivity index (χ1) is 12.6. The minimum absolute atomic E-state index is 0.0623. The van der Waals surface area contributed by atoms with Crippen LogP contribution in [0.5, 0.6) is 11.5 Å². The Hall–Kier alpha value is -2.95. The zero-order valence-corrected chi connectivity index (χ0v) is 15.3. The number of rotatable bonds is 7. The standard InChI is InChI=1S/C21H23NO4/c1-14-4-7-19(15(2)10-14)25-9-8-22-21(23)11-16-13-26-20-12-17(24-3)5-6-18(16)20/h4-7,10,12-13H,8-9,11H2,1-3H3,(H,22,23). The average Bonchev–Trinajstić information content (AvgIpc) is 3.02. The molecule has 0 radical (unpaired) electrons. The van der Waals surface area contributed by atoms with Crippen molar-refractivity contribution in [3.8, 4) is 11.5 Å². The lowest BCUT2D eigenvalue weighted by atomic mass is 10.1. The molecule has 5 heteroatoms. The molecule has 0 atom stereocenters. The van der Waals surface area contributed by atoms with E-state index < -0.39 is 0 Å². The van der Waals surface area contributed by atoms with Gasteiger partial charge >= 0.3 is 0 Å². The number of ether oxygens (including phenoxy) is 2. The van der Waals surface area contributed by atoms with Crippen LogP contribution in [0.1, 0.15) is 16.7 Å². The molecule has 1 N–H and O–H groups in total. The Kier molecular flexibility index (Phi) is 5.46. The van der Waals surface area contributed by atoms with E-state index in [2.05, 4.69) is 11.4 Å². The van der Waals surface area contributed by atoms with Crippen LogP contribution in [0.4, 0.5) is 0 Å². The molecule has 1 amide bonds. The molecule has 0 unspecified atom stereocenters. The van der Waals surface area contributed by atoms with E-state index >= 15 is 0 Å². The Morgan fingerprint density at radius 2 is 2.00 bits per heavy atom. The SMILES string of the molecule is COc1ccc2c(CC(=O)NCCOc3ccc(C)cc3C)coc2c1. The fourth-order valence-corrected chi connectivity index (χ4v) is 2.88. The first-order valence-corrected chi connectivity index (χ1v) is 8.57. The number of nitrogens with one attached hydrogen (secondary N) is 1. The first kappa shape index (κ1) is 17.9. The molecule has 26 heavy (non-hydrogen) atoms. The highest BCUT2D eigenvalue weighted by atomic mass is 16.5. The summed E-state index contributed by atoms with van der Waals surface area (Å²) in [7, 11) is 1.61. The molecular formula is C21H23NO4. The maximum Gasteiger partial charge on any atom is 0.224 e. The Bertz CT molecular complexity index is 914. The summed E-state index contributed by atoms with van der Waals surface area (Å²) in [4.78, 5) is 12.2. The molecular weight excluding hydrogens is 330 g/mol. The van der Waals surface area contributed by atoms with Gasteiger partial charge in [-0.1, -0.05) is 17.7 Å². The number of aryl methyl sites for hydroxylation is 2. The van der Waals surface area contributed by atoms with E-state index in [1.54, 1.807) is 13.4 Å². The molecule has 0 bridgehead atoms. The van der Waals surface area contributed by atoms with Crippen molar-refractivity contribution in [3.05, 3.63) is 59.4 Å². The van der Waals surface area contributed by atoms with Crippen LogP contribution in [-0.2, 0) is 11.2 Å². The van der Waals surface area contributed by atoms with Crippen molar-refractivity contribution in [2.45, 2.75) is 20.3 Å². The summed E-state index contributed by atoms with van der Waals surface area (Å²) in [6, 6.07) is 11.6. The molecule has 5 nitrogen and oxygen atoms in total. The third kappa shape index (κ3) is 4.17. The van der Waals surface area contributed by atoms with Crippen LogP contribution in [0.25, 0.3) is 11.0 Å². The molecule has 2 aromatic carbocycles. The number of furan rings is 1. The summed E-state index contributed by atoms with van der Waals surface area (Å²) >= 11 is 0. The minimum Gasteiger partial charge on any atom is -0.497 e. The molecule has 0 saturated carbocycles. The van der Waals surface area contributed by atoms with Crippen LogP contribution in [0, 0.1) is 13.8 Å². The summed E-state index contributed by atoms with van der Waals surface area (Å²) in [5, 5.41) is 3.80. The lowest BCUT2D eigenvalue weighted by molar-refractivity contribution is -0.120. The molecule has 1 heterocycles. The van der Waals surface area contributed by atoms with E-state index in [1.165, 1.54) is 5.56 Å². The van der Waals surface area contributed by atoms with E-state index in [9.17, 15) is 4.79 Å². The second kappa shape index (κ2) is 7.95. The van der Waals surface area contributed by atoms with Crippen molar-refractivity contribution in [3.63, 3.8) is 0 Å². The van der Waals surface area contributed by atoms with Gasteiger partial charge in [0.25, 0.3) is 0 Å². The Morgan fingerprint density at radius 1 is 1.15 bits per heavy atom. The Labute approximate surface area is 152 Å². The second-order valence-corrected chi connectivity index (χ2v) is 6.27. The zero-order valence-electron chi connectivity index (χ0n) is 15.3. The third-order valence-corrected chi connectivity index (χ3v) is 4.23. The van der Waals surface area contributed by atoms with E-state index in [1.807, 2.05) is 44.2 Å². The highest BCUT2D eigenvalue weighted by Crippen LogP contribution is 2.25. The maximum atomic E-state index is 12.2. The zero-order chi connectivity index (χ0) is 18.5. The van der Waals surface area contributed by atoms with Crippen molar-refractivity contribution < 1.29 is 18.7 Å². The van der Waals surface area contributed by atoms with Gasteiger partial charge in [0.2, 0.25) is 5.91 Å². The summed E-state index contributed by atoms with van der Waals surface area (Å²) in [5.74, 6) is 1.51. The smallest absolute Gasteiger partial charge is 0.224 e. The van der Waals surface area contributed by atoms with Gasteiger partial charge in [0.1, 0.15) is 23.7 Å². The predicted octanol–water partition coefficient (Wildman–Crippen LogP) is 3.80. The monoisotopic (exact) mass is 353 g/mol. The lowest BCUT2D eigenvalue weighted by Crippen LogP contribution is -2.29. The van der Waals surface area contributed by atoms with Crippen LogP contribution in [-0.4, -0.2) is 26.2 Å². The van der Waals surface area contributed by atoms with E-state index in [4.69, 9.17) is 13.9 Å². The number of hydrogen-bond acceptors (Lipinski definition) is 4. The van der Waals surface area contributed by atoms with Gasteiger partial charge in [-0.3, -0.25) is 4.79 Å². The van der Waals surface area contributed by atoms with Crippen molar-refractivity contribution >= 4 is 16.9 Å². The maximum absolute atomic E-state index is 12.2. The van der Waals surface area contributed by atoms with Crippen molar-refractivity contribution in [2.24, 2.45) is 0 Å². The quantitative estimate of drug-likeness (QED) is 0.657. The number of hydrogen-bond donors (Lipinski definition) is 1. The van der Waals surface area contributed by atoms with Crippen LogP contribution in [0.3, 0.4) is 0 Å². The number of methoxy groups -OCH3 is 1. The summed E-state index contributed by atoms with van der Waals surface area (Å²) in [6.45, 7) is 4.95. The van der Waals surface area contributed by atoms with Crippen LogP contribution < -0.4 is 14.8 Å². The first-order valence-electron chi connectivity index (χ1n) is 8.57. The molecule has 0 aliphatic rings. The van der Waals surface area contributed by atoms with Crippen LogP contribution >= 0.6 is 0 Å². The van der Waals surface area contributed by atoms with Crippen molar-refractivity contribution in [1.82, 2.24) is 5.32 Å². The molecule has 1 aromatic heterocycles. The average molecular weight is 353 g/mol. The molecule has 0 saturated heterocycles. The van der Waals surface area contributed by atoms with E-state index in [0.717, 1.165) is 28.0 Å². The molecule has 136 valence electrons. The Morgan fingerprint density at radius 3 is 2.77 bits per heavy atom. The molecule has 0 aliphatic heterocycles. The van der Waals surface area contributed by atoms with Gasteiger partial charge < -0.3 is 19.2 Å². The minimum atomic E-state index is -0.0623. The van der Waals surface area contributed by atoms with Gasteiger partial charge in [0, 0.05) is 17.0 Å². The van der Waals surface area contributed by atoms with Crippen molar-refractivity contribution in [2.75, 3.05) is 20.3 Å². The second-order valence-electron chi connectivity index (χ2n) is 6.27. The summed E-state index contributed by atoms with van der Waals surface area (Å²) in [6.07, 6.45) is 1.89. The van der Waals surface area contributed by atoms with Gasteiger partial charge in [-0.25, -0.2) is 0 Å². The number of carbonyl (C=O) groups is 1. The molecule has 0 fully saturated rings. The van der Waals surface area contributed by atoms with Crippen LogP contribution in [0.2, 0.25) is 0 Å². The largest absolute Gasteiger partial charge is 0.497 e. The lowest BCUT2D eigenvalue weighted by Gasteiger charge is -2.10. The van der Waals surface area contributed by atoms with Gasteiger partial charge in [-0.2, -0.15) is 0 Å². The number of amides is 1. The fourth-order valence-electron chi connectivity index (χ4n) is 2.88. The number of fused-ring (bicyclic) bond motifs is 1. The highest BCUT2D eigenvalue weighted by Gasteiger charge is 2.11. The molecule has 3 rings (SSSR count). The predicted molar refractivity (Wildman–Crippen MR) is 101 cm³/mol. The Balaban J connectivity index is 1.50. The normalized spacial score (nSPS) is 10.7. The fraction of sp³-hybridized carbons (Fsp3) is 0.286. The van der Waals surface area contributed by atoms with Gasteiger partial charge in [0.05, 0.1) is 26.3 Å². The van der Waals surface area contributed by atoms with E-state index in [-0.39, 0.29) is 12.3 Å². The van der Waals surface area contributed by atoms with Gasteiger partial charge in [-0.05, 0) is 37.6 Å². The number of benzene rings is 2. The van der Waals surface area contributed by atoms with Crippen LogP contribution in [0.15, 0.2) is 47.1 Å². The van der Waals surface area contributed by atoms with Crippen molar-refractivity contribution in [1.29, 1.82) is 0 Å². The third-order valence-electron chi connectivity index (χ3n) is 4.23. The van der Waals surface area contributed by atoms with Gasteiger partial charge in [-0.15, -0.1) is 0 Å². The molecule has 0 aliphatic carbocycles. The highest BCUT2D eigenvalue weighted by molar-refractivity contribution is 5.88. The molecule has 0 spiro atoms. The van der Waals surface area contributed by atoms with Gasteiger partial charge in [0.15, 0.2) is 0 Å². The summed E-state index contributed by atoms with van der Waals surface area (Å²) in [5.41, 5.74) is 3.87.